The highest BCUT2D eigenvalue weighted by molar-refractivity contribution is 5.08. The fourth-order valence-corrected chi connectivity index (χ4v) is 2.03. The summed E-state index contributed by atoms with van der Waals surface area (Å²) in [6, 6.07) is 2.14. The van der Waals surface area contributed by atoms with Crippen molar-refractivity contribution in [2.24, 2.45) is 7.05 Å². The lowest BCUT2D eigenvalue weighted by molar-refractivity contribution is 0.287. The number of aromatic nitrogens is 2. The summed E-state index contributed by atoms with van der Waals surface area (Å²) in [4.78, 5) is 2.47. The molecule has 0 saturated carbocycles. The van der Waals surface area contributed by atoms with E-state index in [4.69, 9.17) is 0 Å². The highest BCUT2D eigenvalue weighted by Gasteiger charge is 2.02. The van der Waals surface area contributed by atoms with Crippen LogP contribution >= 0.6 is 0 Å². The number of likely N-dealkylation sites (N-methyl/N-ethyl adjacent to an activating group) is 1. The fraction of sp³-hybridized carbons (Fsp3) is 0.769. The summed E-state index contributed by atoms with van der Waals surface area (Å²) in [5, 5.41) is 7.81. The van der Waals surface area contributed by atoms with E-state index in [9.17, 15) is 0 Å². The summed E-state index contributed by atoms with van der Waals surface area (Å²) in [6.45, 7) is 11.9. The number of hydrogen-bond donors (Lipinski definition) is 1. The summed E-state index contributed by atoms with van der Waals surface area (Å²) in [7, 11) is 2.00. The first kappa shape index (κ1) is 14.2. The molecule has 1 aromatic heterocycles. The van der Waals surface area contributed by atoms with E-state index in [0.717, 1.165) is 31.9 Å². The van der Waals surface area contributed by atoms with Crippen LogP contribution in [0.4, 0.5) is 0 Å². The van der Waals surface area contributed by atoms with Crippen molar-refractivity contribution in [3.8, 4) is 0 Å². The zero-order valence-electron chi connectivity index (χ0n) is 11.7. The normalized spacial score (nSPS) is 11.4. The SMILES string of the molecule is CCCN(CC)CCNCc1cc(C)nn1C. The Kier molecular flexibility index (Phi) is 6.22. The molecule has 0 amide bonds. The van der Waals surface area contributed by atoms with Crippen LogP contribution in [0.5, 0.6) is 0 Å². The van der Waals surface area contributed by atoms with Gasteiger partial charge < -0.3 is 10.2 Å². The number of nitrogens with one attached hydrogen (secondary N) is 1. The van der Waals surface area contributed by atoms with Gasteiger partial charge in [0.2, 0.25) is 0 Å². The third-order valence-corrected chi connectivity index (χ3v) is 3.00. The zero-order valence-corrected chi connectivity index (χ0v) is 11.7. The second-order valence-corrected chi connectivity index (χ2v) is 4.51. The quantitative estimate of drug-likeness (QED) is 0.698. The van der Waals surface area contributed by atoms with Gasteiger partial charge in [-0.25, -0.2) is 0 Å². The first-order valence-electron chi connectivity index (χ1n) is 6.60. The van der Waals surface area contributed by atoms with E-state index in [2.05, 4.69) is 35.2 Å². The molecule has 0 aliphatic rings. The van der Waals surface area contributed by atoms with Crippen molar-refractivity contribution in [2.75, 3.05) is 26.2 Å². The molecule has 0 aliphatic heterocycles. The Labute approximate surface area is 105 Å². The lowest BCUT2D eigenvalue weighted by atomic mass is 10.3. The maximum Gasteiger partial charge on any atom is 0.0597 e. The van der Waals surface area contributed by atoms with E-state index < -0.39 is 0 Å². The van der Waals surface area contributed by atoms with Gasteiger partial charge in [-0.15, -0.1) is 0 Å². The molecule has 0 radical (unpaired) electrons. The summed E-state index contributed by atoms with van der Waals surface area (Å²) in [5.74, 6) is 0. The van der Waals surface area contributed by atoms with Crippen LogP contribution in [0.1, 0.15) is 31.7 Å². The molecule has 4 nitrogen and oxygen atoms in total. The predicted molar refractivity (Wildman–Crippen MR) is 72.1 cm³/mol. The highest BCUT2D eigenvalue weighted by Crippen LogP contribution is 2.00. The minimum Gasteiger partial charge on any atom is -0.310 e. The van der Waals surface area contributed by atoms with Crippen LogP contribution in [0.15, 0.2) is 6.07 Å². The van der Waals surface area contributed by atoms with Crippen LogP contribution in [0.25, 0.3) is 0 Å². The third-order valence-electron chi connectivity index (χ3n) is 3.00. The van der Waals surface area contributed by atoms with Crippen molar-refractivity contribution in [1.82, 2.24) is 20.0 Å². The van der Waals surface area contributed by atoms with Gasteiger partial charge in [-0.1, -0.05) is 13.8 Å². The molecule has 1 heterocycles. The van der Waals surface area contributed by atoms with Gasteiger partial charge in [0.05, 0.1) is 11.4 Å². The van der Waals surface area contributed by atoms with Gasteiger partial charge in [0, 0.05) is 26.7 Å². The van der Waals surface area contributed by atoms with Gasteiger partial charge in [0.15, 0.2) is 0 Å². The Hall–Kier alpha value is -0.870. The predicted octanol–water partition coefficient (Wildman–Crippen LogP) is 1.55. The average molecular weight is 238 g/mol. The van der Waals surface area contributed by atoms with Gasteiger partial charge >= 0.3 is 0 Å². The molecular weight excluding hydrogens is 212 g/mol. The largest absolute Gasteiger partial charge is 0.310 e. The van der Waals surface area contributed by atoms with Crippen molar-refractivity contribution in [2.45, 2.75) is 33.7 Å². The lowest BCUT2D eigenvalue weighted by Crippen LogP contribution is -2.32. The monoisotopic (exact) mass is 238 g/mol. The number of rotatable bonds is 8. The van der Waals surface area contributed by atoms with Crippen molar-refractivity contribution in [1.29, 1.82) is 0 Å². The Bertz CT molecular complexity index is 319. The van der Waals surface area contributed by atoms with Crippen LogP contribution < -0.4 is 5.32 Å². The standard InChI is InChI=1S/C13H26N4/c1-5-8-17(6-2)9-7-14-11-13-10-12(3)15-16(13)4/h10,14H,5-9,11H2,1-4H3. The van der Waals surface area contributed by atoms with Gasteiger partial charge in [0.25, 0.3) is 0 Å². The van der Waals surface area contributed by atoms with Crippen LogP contribution in [-0.4, -0.2) is 40.9 Å². The molecule has 1 rings (SSSR count). The third kappa shape index (κ3) is 4.88. The maximum atomic E-state index is 4.34. The van der Waals surface area contributed by atoms with Crippen LogP contribution in [0, 0.1) is 6.92 Å². The van der Waals surface area contributed by atoms with Crippen LogP contribution in [-0.2, 0) is 13.6 Å². The Balaban J connectivity index is 2.21. The molecule has 0 bridgehead atoms. The Morgan fingerprint density at radius 3 is 2.65 bits per heavy atom. The minimum atomic E-state index is 0.904. The number of hydrogen-bond acceptors (Lipinski definition) is 3. The van der Waals surface area contributed by atoms with Gasteiger partial charge in [-0.2, -0.15) is 5.10 Å². The minimum absolute atomic E-state index is 0.904. The van der Waals surface area contributed by atoms with E-state index >= 15 is 0 Å². The molecule has 1 N–H and O–H groups in total. The maximum absolute atomic E-state index is 4.34. The Morgan fingerprint density at radius 1 is 1.35 bits per heavy atom. The molecule has 98 valence electrons. The van der Waals surface area contributed by atoms with Crippen LogP contribution in [0.3, 0.4) is 0 Å². The summed E-state index contributed by atoms with van der Waals surface area (Å²) in [5.41, 5.74) is 2.34. The van der Waals surface area contributed by atoms with Crippen molar-refractivity contribution >= 4 is 0 Å². The second-order valence-electron chi connectivity index (χ2n) is 4.51. The first-order chi connectivity index (χ1) is 8.17. The zero-order chi connectivity index (χ0) is 12.7. The van der Waals surface area contributed by atoms with Crippen molar-refractivity contribution in [3.05, 3.63) is 17.5 Å². The summed E-state index contributed by atoms with van der Waals surface area (Å²) < 4.78 is 1.95. The molecule has 0 spiro atoms. The number of aryl methyl sites for hydroxylation is 2. The van der Waals surface area contributed by atoms with Crippen molar-refractivity contribution in [3.63, 3.8) is 0 Å². The number of nitrogens with zero attached hydrogens (tertiary/aromatic N) is 3. The summed E-state index contributed by atoms with van der Waals surface area (Å²) >= 11 is 0. The molecule has 0 aliphatic carbocycles. The average Bonchev–Trinajstić information content (AvgIpc) is 2.62. The second kappa shape index (κ2) is 7.45. The molecule has 17 heavy (non-hydrogen) atoms. The topological polar surface area (TPSA) is 33.1 Å². The van der Waals surface area contributed by atoms with E-state index in [-0.39, 0.29) is 0 Å². The Morgan fingerprint density at radius 2 is 2.12 bits per heavy atom. The van der Waals surface area contributed by atoms with E-state index in [1.165, 1.54) is 18.7 Å². The molecule has 1 aromatic rings. The summed E-state index contributed by atoms with van der Waals surface area (Å²) in [6.07, 6.45) is 1.23. The smallest absolute Gasteiger partial charge is 0.0597 e. The molecule has 0 unspecified atom stereocenters. The molecular formula is C13H26N4. The highest BCUT2D eigenvalue weighted by atomic mass is 15.3. The first-order valence-corrected chi connectivity index (χ1v) is 6.60. The van der Waals surface area contributed by atoms with Gasteiger partial charge in [-0.05, 0) is 32.5 Å². The van der Waals surface area contributed by atoms with Gasteiger partial charge in [0.1, 0.15) is 0 Å². The fourth-order valence-electron chi connectivity index (χ4n) is 2.03. The van der Waals surface area contributed by atoms with E-state index in [0.29, 0.717) is 0 Å². The molecule has 0 saturated heterocycles. The molecule has 0 aromatic carbocycles. The lowest BCUT2D eigenvalue weighted by Gasteiger charge is -2.19. The molecule has 0 fully saturated rings. The van der Waals surface area contributed by atoms with Crippen LogP contribution in [0.2, 0.25) is 0 Å². The van der Waals surface area contributed by atoms with Gasteiger partial charge in [-0.3, -0.25) is 4.68 Å². The van der Waals surface area contributed by atoms with E-state index in [1.54, 1.807) is 0 Å². The molecule has 4 heteroatoms. The van der Waals surface area contributed by atoms with E-state index in [1.807, 2.05) is 18.7 Å². The van der Waals surface area contributed by atoms with Crippen molar-refractivity contribution < 1.29 is 0 Å². The molecule has 0 atom stereocenters.